The van der Waals surface area contributed by atoms with E-state index in [4.69, 9.17) is 0 Å². The van der Waals surface area contributed by atoms with Gasteiger partial charge in [0.05, 0.1) is 12.1 Å². The number of benzene rings is 1. The molecule has 0 spiro atoms. The number of aromatic nitrogens is 2. The molecule has 0 aliphatic rings. The summed E-state index contributed by atoms with van der Waals surface area (Å²) in [6.07, 6.45) is 0.447. The standard InChI is InChI=1S/C10H8N2O4/c13-5-4-12-9(15)8-6(11-10(12)16)2-1-3-7(8)14/h1-3,5,14H,4H2,(H,11,16). The molecule has 0 aliphatic heterocycles. The molecule has 0 saturated carbocycles. The molecule has 0 aliphatic carbocycles. The number of aromatic hydroxyl groups is 1. The molecule has 0 atom stereocenters. The molecule has 1 heterocycles. The van der Waals surface area contributed by atoms with Crippen molar-refractivity contribution in [1.29, 1.82) is 0 Å². The van der Waals surface area contributed by atoms with Crippen LogP contribution in [0, 0.1) is 0 Å². The van der Waals surface area contributed by atoms with Gasteiger partial charge in [-0.15, -0.1) is 0 Å². The lowest BCUT2D eigenvalue weighted by Crippen LogP contribution is -2.35. The quantitative estimate of drug-likeness (QED) is 0.673. The fourth-order valence-electron chi connectivity index (χ4n) is 1.52. The highest BCUT2D eigenvalue weighted by Gasteiger charge is 2.09. The lowest BCUT2D eigenvalue weighted by molar-refractivity contribution is -0.108. The van der Waals surface area contributed by atoms with Crippen molar-refractivity contribution in [3.63, 3.8) is 0 Å². The molecular formula is C10H8N2O4. The highest BCUT2D eigenvalue weighted by Crippen LogP contribution is 2.17. The summed E-state index contributed by atoms with van der Waals surface area (Å²) in [6.45, 7) is -0.335. The van der Waals surface area contributed by atoms with Gasteiger partial charge in [0.1, 0.15) is 17.4 Å². The highest BCUT2D eigenvalue weighted by molar-refractivity contribution is 5.83. The van der Waals surface area contributed by atoms with E-state index in [2.05, 4.69) is 4.98 Å². The van der Waals surface area contributed by atoms with E-state index < -0.39 is 11.2 Å². The molecule has 6 nitrogen and oxygen atoms in total. The molecule has 1 aromatic carbocycles. The average molecular weight is 220 g/mol. The Balaban J connectivity index is 2.97. The third kappa shape index (κ3) is 1.40. The number of nitrogens with one attached hydrogen (secondary N) is 1. The van der Waals surface area contributed by atoms with E-state index in [1.54, 1.807) is 0 Å². The summed E-state index contributed by atoms with van der Waals surface area (Å²) in [5, 5.41) is 9.52. The van der Waals surface area contributed by atoms with E-state index in [0.29, 0.717) is 6.29 Å². The Morgan fingerprint density at radius 2 is 2.12 bits per heavy atom. The number of hydrogen-bond acceptors (Lipinski definition) is 4. The topological polar surface area (TPSA) is 92.2 Å². The second-order valence-electron chi connectivity index (χ2n) is 3.21. The van der Waals surface area contributed by atoms with Crippen LogP contribution in [-0.4, -0.2) is 20.9 Å². The smallest absolute Gasteiger partial charge is 0.329 e. The first-order valence-corrected chi connectivity index (χ1v) is 4.53. The van der Waals surface area contributed by atoms with Crippen LogP contribution in [0.2, 0.25) is 0 Å². The summed E-state index contributed by atoms with van der Waals surface area (Å²) in [6, 6.07) is 4.35. The van der Waals surface area contributed by atoms with Gasteiger partial charge in [-0.1, -0.05) is 6.07 Å². The summed E-state index contributed by atoms with van der Waals surface area (Å²) >= 11 is 0. The number of nitrogens with zero attached hydrogens (tertiary/aromatic N) is 1. The Morgan fingerprint density at radius 1 is 1.38 bits per heavy atom. The van der Waals surface area contributed by atoms with Crippen molar-refractivity contribution in [2.45, 2.75) is 6.54 Å². The van der Waals surface area contributed by atoms with Crippen LogP contribution in [0.25, 0.3) is 10.9 Å². The molecular weight excluding hydrogens is 212 g/mol. The first kappa shape index (κ1) is 10.2. The first-order chi connectivity index (χ1) is 7.65. The molecule has 1 aromatic heterocycles. The van der Waals surface area contributed by atoms with Gasteiger partial charge in [0, 0.05) is 0 Å². The van der Waals surface area contributed by atoms with Crippen LogP contribution in [0.3, 0.4) is 0 Å². The van der Waals surface area contributed by atoms with Gasteiger partial charge in [-0.2, -0.15) is 0 Å². The zero-order chi connectivity index (χ0) is 11.7. The van der Waals surface area contributed by atoms with Crippen LogP contribution in [0.15, 0.2) is 27.8 Å². The third-order valence-corrected chi connectivity index (χ3v) is 2.25. The second-order valence-corrected chi connectivity index (χ2v) is 3.21. The molecule has 2 N–H and O–H groups in total. The van der Waals surface area contributed by atoms with E-state index in [1.165, 1.54) is 18.2 Å². The van der Waals surface area contributed by atoms with E-state index in [-0.39, 0.29) is 23.2 Å². The predicted molar refractivity (Wildman–Crippen MR) is 56.6 cm³/mol. The van der Waals surface area contributed by atoms with Crippen molar-refractivity contribution in [2.75, 3.05) is 0 Å². The zero-order valence-electron chi connectivity index (χ0n) is 8.14. The maximum atomic E-state index is 11.8. The number of rotatable bonds is 2. The Bertz CT molecular complexity index is 669. The SMILES string of the molecule is O=CCn1c(=O)[nH]c2cccc(O)c2c1=O. The summed E-state index contributed by atoms with van der Waals surface area (Å²) in [5.41, 5.74) is -1.10. The Labute approximate surface area is 88.8 Å². The maximum absolute atomic E-state index is 11.8. The summed E-state index contributed by atoms with van der Waals surface area (Å²) in [4.78, 5) is 35.9. The van der Waals surface area contributed by atoms with Gasteiger partial charge in [0.2, 0.25) is 0 Å². The maximum Gasteiger partial charge on any atom is 0.329 e. The lowest BCUT2D eigenvalue weighted by Gasteiger charge is -2.03. The fraction of sp³-hybridized carbons (Fsp3) is 0.100. The Kier molecular flexibility index (Phi) is 2.32. The second kappa shape index (κ2) is 3.65. The van der Waals surface area contributed by atoms with E-state index in [1.807, 2.05) is 0 Å². The van der Waals surface area contributed by atoms with Gasteiger partial charge in [0.25, 0.3) is 5.56 Å². The number of aldehydes is 1. The van der Waals surface area contributed by atoms with Crippen LogP contribution in [0.4, 0.5) is 0 Å². The van der Waals surface area contributed by atoms with Crippen molar-refractivity contribution >= 4 is 17.2 Å². The normalized spacial score (nSPS) is 10.5. The largest absolute Gasteiger partial charge is 0.507 e. The van der Waals surface area contributed by atoms with E-state index in [9.17, 15) is 19.5 Å². The average Bonchev–Trinajstić information content (AvgIpc) is 2.24. The summed E-state index contributed by atoms with van der Waals surface area (Å²) in [5.74, 6) is -0.224. The van der Waals surface area contributed by atoms with Gasteiger partial charge in [0.15, 0.2) is 0 Å². The highest BCUT2D eigenvalue weighted by atomic mass is 16.3. The zero-order valence-corrected chi connectivity index (χ0v) is 8.14. The number of carbonyl (C=O) groups is 1. The fourth-order valence-corrected chi connectivity index (χ4v) is 1.52. The van der Waals surface area contributed by atoms with Gasteiger partial charge < -0.3 is 14.9 Å². The number of phenolic OH excluding ortho intramolecular Hbond substituents is 1. The minimum Gasteiger partial charge on any atom is -0.507 e. The molecule has 0 amide bonds. The minimum absolute atomic E-state index is 0.00366. The molecule has 0 saturated heterocycles. The van der Waals surface area contributed by atoms with Gasteiger partial charge in [-0.25, -0.2) is 4.79 Å². The molecule has 0 unspecified atom stereocenters. The van der Waals surface area contributed by atoms with Gasteiger partial charge in [-0.05, 0) is 12.1 Å². The summed E-state index contributed by atoms with van der Waals surface area (Å²) in [7, 11) is 0. The number of fused-ring (bicyclic) bond motifs is 1. The Morgan fingerprint density at radius 3 is 2.81 bits per heavy atom. The van der Waals surface area contributed by atoms with Gasteiger partial charge >= 0.3 is 5.69 Å². The van der Waals surface area contributed by atoms with Crippen molar-refractivity contribution in [3.8, 4) is 5.75 Å². The first-order valence-electron chi connectivity index (χ1n) is 4.53. The van der Waals surface area contributed by atoms with Crippen LogP contribution in [-0.2, 0) is 11.3 Å². The van der Waals surface area contributed by atoms with Crippen molar-refractivity contribution in [1.82, 2.24) is 9.55 Å². The van der Waals surface area contributed by atoms with Crippen LogP contribution in [0.5, 0.6) is 5.75 Å². The molecule has 2 rings (SSSR count). The van der Waals surface area contributed by atoms with Crippen LogP contribution < -0.4 is 11.2 Å². The van der Waals surface area contributed by atoms with E-state index in [0.717, 1.165) is 4.57 Å². The van der Waals surface area contributed by atoms with E-state index >= 15 is 0 Å². The molecule has 16 heavy (non-hydrogen) atoms. The Hall–Kier alpha value is -2.37. The number of H-pyrrole nitrogens is 1. The van der Waals surface area contributed by atoms with Crippen molar-refractivity contribution < 1.29 is 9.90 Å². The number of aromatic amines is 1. The third-order valence-electron chi connectivity index (χ3n) is 2.25. The van der Waals surface area contributed by atoms with Crippen molar-refractivity contribution in [2.24, 2.45) is 0 Å². The number of carbonyl (C=O) groups excluding carboxylic acids is 1. The number of hydrogen-bond donors (Lipinski definition) is 2. The monoisotopic (exact) mass is 220 g/mol. The number of phenols is 1. The van der Waals surface area contributed by atoms with Crippen molar-refractivity contribution in [3.05, 3.63) is 39.0 Å². The predicted octanol–water partition coefficient (Wildman–Crippen LogP) is -0.406. The lowest BCUT2D eigenvalue weighted by atomic mass is 10.2. The molecule has 2 aromatic rings. The van der Waals surface area contributed by atoms with Crippen LogP contribution >= 0.6 is 0 Å². The van der Waals surface area contributed by atoms with Crippen LogP contribution in [0.1, 0.15) is 0 Å². The minimum atomic E-state index is -0.677. The molecule has 6 heteroatoms. The molecule has 0 bridgehead atoms. The molecule has 0 radical (unpaired) electrons. The molecule has 0 fully saturated rings. The molecule has 82 valence electrons. The van der Waals surface area contributed by atoms with Gasteiger partial charge in [-0.3, -0.25) is 9.36 Å². The summed E-state index contributed by atoms with van der Waals surface area (Å²) < 4.78 is 0.731.